The number of aryl methyl sites for hydroxylation is 1. The molecule has 1 aliphatic rings. The zero-order chi connectivity index (χ0) is 20.1. The highest BCUT2D eigenvalue weighted by Gasteiger charge is 2.16. The summed E-state index contributed by atoms with van der Waals surface area (Å²) in [6, 6.07) is 10.3. The van der Waals surface area contributed by atoms with Crippen LogP contribution < -0.4 is 15.4 Å². The van der Waals surface area contributed by atoms with Gasteiger partial charge in [0.2, 0.25) is 5.91 Å². The summed E-state index contributed by atoms with van der Waals surface area (Å²) in [4.78, 5) is 35.1. The molecule has 2 amide bonds. The van der Waals surface area contributed by atoms with Gasteiger partial charge in [-0.05, 0) is 54.8 Å². The van der Waals surface area contributed by atoms with Crippen LogP contribution in [0.1, 0.15) is 17.5 Å². The van der Waals surface area contributed by atoms with Gasteiger partial charge in [0.1, 0.15) is 5.75 Å². The molecule has 0 aromatic heterocycles. The molecule has 0 atom stereocenters. The number of hydrogen-bond donors (Lipinski definition) is 2. The smallest absolute Gasteiger partial charge is 0.344 e. The Balaban J connectivity index is 1.45. The molecule has 0 radical (unpaired) electrons. The summed E-state index contributed by atoms with van der Waals surface area (Å²) in [5.74, 6) is -0.658. The fourth-order valence-electron chi connectivity index (χ4n) is 2.71. The van der Waals surface area contributed by atoms with E-state index in [9.17, 15) is 14.4 Å². The highest BCUT2D eigenvalue weighted by atomic mass is 35.5. The van der Waals surface area contributed by atoms with Gasteiger partial charge in [0.25, 0.3) is 5.91 Å². The molecule has 146 valence electrons. The van der Waals surface area contributed by atoms with Gasteiger partial charge in [-0.15, -0.1) is 0 Å². The molecule has 3 rings (SSSR count). The van der Waals surface area contributed by atoms with E-state index in [1.54, 1.807) is 43.3 Å². The van der Waals surface area contributed by atoms with Gasteiger partial charge in [0, 0.05) is 22.8 Å². The molecule has 28 heavy (non-hydrogen) atoms. The second-order valence-corrected chi connectivity index (χ2v) is 6.68. The minimum absolute atomic E-state index is 0.0176. The first kappa shape index (κ1) is 19.7. The van der Waals surface area contributed by atoms with Crippen molar-refractivity contribution in [2.45, 2.75) is 19.8 Å². The van der Waals surface area contributed by atoms with Crippen LogP contribution >= 0.6 is 11.6 Å². The van der Waals surface area contributed by atoms with Crippen LogP contribution in [-0.2, 0) is 25.5 Å². The maximum Gasteiger partial charge on any atom is 0.344 e. The molecule has 1 heterocycles. The van der Waals surface area contributed by atoms with E-state index in [1.807, 2.05) is 0 Å². The number of halogens is 1. The summed E-state index contributed by atoms with van der Waals surface area (Å²) in [5.41, 5.74) is 2.99. The molecular formula is C20H19ClN2O5. The first-order valence-electron chi connectivity index (χ1n) is 8.68. The molecule has 0 saturated carbocycles. The minimum atomic E-state index is -0.663. The monoisotopic (exact) mass is 402 g/mol. The van der Waals surface area contributed by atoms with Gasteiger partial charge >= 0.3 is 5.97 Å². The molecule has 0 bridgehead atoms. The maximum atomic E-state index is 11.9. The molecule has 2 aromatic carbocycles. The number of amides is 2. The Hall–Kier alpha value is -3.06. The Morgan fingerprint density at radius 1 is 1.18 bits per heavy atom. The minimum Gasteiger partial charge on any atom is -0.482 e. The molecule has 0 spiro atoms. The predicted molar refractivity (Wildman–Crippen MR) is 105 cm³/mol. The molecule has 0 aliphatic carbocycles. The van der Waals surface area contributed by atoms with E-state index >= 15 is 0 Å². The molecule has 8 heteroatoms. The Kier molecular flexibility index (Phi) is 6.16. The van der Waals surface area contributed by atoms with E-state index in [2.05, 4.69) is 10.6 Å². The number of fused-ring (bicyclic) bond motifs is 1. The number of benzene rings is 2. The van der Waals surface area contributed by atoms with E-state index in [1.165, 1.54) is 0 Å². The lowest BCUT2D eigenvalue weighted by atomic mass is 10.0. The van der Waals surface area contributed by atoms with Crippen molar-refractivity contribution >= 4 is 40.8 Å². The summed E-state index contributed by atoms with van der Waals surface area (Å²) in [6.45, 7) is 1.03. The van der Waals surface area contributed by atoms with E-state index in [0.717, 1.165) is 16.8 Å². The van der Waals surface area contributed by atoms with Crippen LogP contribution in [-0.4, -0.2) is 31.0 Å². The number of ether oxygens (including phenoxy) is 2. The number of carbonyl (C=O) groups excluding carboxylic acids is 3. The number of anilines is 2. The van der Waals surface area contributed by atoms with Crippen LogP contribution in [0, 0.1) is 6.92 Å². The van der Waals surface area contributed by atoms with Crippen LogP contribution in [0.3, 0.4) is 0 Å². The summed E-state index contributed by atoms with van der Waals surface area (Å²) in [6.07, 6.45) is 1.03. The number of nitrogens with one attached hydrogen (secondary N) is 2. The lowest BCUT2D eigenvalue weighted by molar-refractivity contribution is -0.149. The van der Waals surface area contributed by atoms with Crippen molar-refractivity contribution in [2.24, 2.45) is 0 Å². The first-order chi connectivity index (χ1) is 13.4. The van der Waals surface area contributed by atoms with Crippen molar-refractivity contribution < 1.29 is 23.9 Å². The van der Waals surface area contributed by atoms with E-state index in [0.29, 0.717) is 29.3 Å². The van der Waals surface area contributed by atoms with Crippen LogP contribution in [0.25, 0.3) is 0 Å². The Morgan fingerprint density at radius 2 is 2.00 bits per heavy atom. The molecule has 7 nitrogen and oxygen atoms in total. The third-order valence-electron chi connectivity index (χ3n) is 4.23. The maximum absolute atomic E-state index is 11.9. The molecule has 0 fully saturated rings. The Bertz CT molecular complexity index is 929. The fraction of sp³-hybridized carbons (Fsp3) is 0.250. The molecule has 1 aliphatic heterocycles. The van der Waals surface area contributed by atoms with Gasteiger partial charge < -0.3 is 20.1 Å². The van der Waals surface area contributed by atoms with Crippen LogP contribution in [0.4, 0.5) is 11.4 Å². The highest BCUT2D eigenvalue weighted by Crippen LogP contribution is 2.27. The third kappa shape index (κ3) is 5.01. The number of hydrogen-bond acceptors (Lipinski definition) is 5. The van der Waals surface area contributed by atoms with E-state index in [4.69, 9.17) is 21.1 Å². The molecule has 0 saturated heterocycles. The van der Waals surface area contributed by atoms with Gasteiger partial charge in [0.05, 0.1) is 0 Å². The predicted octanol–water partition coefficient (Wildman–Crippen LogP) is 3.09. The lowest BCUT2D eigenvalue weighted by Crippen LogP contribution is -2.24. The average Bonchev–Trinajstić information content (AvgIpc) is 2.68. The van der Waals surface area contributed by atoms with Crippen LogP contribution in [0.2, 0.25) is 5.02 Å². The molecular weight excluding hydrogens is 384 g/mol. The number of carbonyl (C=O) groups is 3. The highest BCUT2D eigenvalue weighted by molar-refractivity contribution is 6.31. The summed E-state index contributed by atoms with van der Waals surface area (Å²) >= 11 is 6.00. The second-order valence-electron chi connectivity index (χ2n) is 6.28. The number of esters is 1. The van der Waals surface area contributed by atoms with Crippen molar-refractivity contribution in [3.63, 3.8) is 0 Å². The summed E-state index contributed by atoms with van der Waals surface area (Å²) in [5, 5.41) is 5.95. The average molecular weight is 403 g/mol. The van der Waals surface area contributed by atoms with Gasteiger partial charge in [0.15, 0.2) is 13.2 Å². The van der Waals surface area contributed by atoms with Crippen LogP contribution in [0.5, 0.6) is 5.75 Å². The van der Waals surface area contributed by atoms with Gasteiger partial charge in [-0.1, -0.05) is 17.7 Å². The van der Waals surface area contributed by atoms with Crippen molar-refractivity contribution in [1.29, 1.82) is 0 Å². The Morgan fingerprint density at radius 3 is 2.82 bits per heavy atom. The summed E-state index contributed by atoms with van der Waals surface area (Å²) in [7, 11) is 0. The largest absolute Gasteiger partial charge is 0.482 e. The SMILES string of the molecule is Cc1c(Cl)cccc1NC(=O)COC(=O)COc1ccc2c(c1)CCC(=O)N2. The number of rotatable bonds is 6. The lowest BCUT2D eigenvalue weighted by Gasteiger charge is -2.17. The van der Waals surface area contributed by atoms with Crippen LogP contribution in [0.15, 0.2) is 36.4 Å². The summed E-state index contributed by atoms with van der Waals surface area (Å²) < 4.78 is 10.3. The van der Waals surface area contributed by atoms with Crippen molar-refractivity contribution in [2.75, 3.05) is 23.8 Å². The van der Waals surface area contributed by atoms with Gasteiger partial charge in [-0.25, -0.2) is 4.79 Å². The fourth-order valence-corrected chi connectivity index (χ4v) is 2.88. The van der Waals surface area contributed by atoms with Crippen molar-refractivity contribution in [1.82, 2.24) is 0 Å². The zero-order valence-corrected chi connectivity index (χ0v) is 16.0. The van der Waals surface area contributed by atoms with Gasteiger partial charge in [-0.3, -0.25) is 9.59 Å². The molecule has 2 aromatic rings. The normalized spacial score (nSPS) is 12.6. The quantitative estimate of drug-likeness (QED) is 0.724. The van der Waals surface area contributed by atoms with Gasteiger partial charge in [-0.2, -0.15) is 0 Å². The van der Waals surface area contributed by atoms with E-state index in [-0.39, 0.29) is 12.5 Å². The Labute approximate surface area is 167 Å². The third-order valence-corrected chi connectivity index (χ3v) is 4.64. The molecule has 0 unspecified atom stereocenters. The van der Waals surface area contributed by atoms with E-state index < -0.39 is 18.5 Å². The first-order valence-corrected chi connectivity index (χ1v) is 9.06. The topological polar surface area (TPSA) is 93.7 Å². The van der Waals surface area contributed by atoms with Crippen molar-refractivity contribution in [3.8, 4) is 5.75 Å². The van der Waals surface area contributed by atoms with Crippen molar-refractivity contribution in [3.05, 3.63) is 52.5 Å². The second kappa shape index (κ2) is 8.75. The molecule has 2 N–H and O–H groups in total. The standard InChI is InChI=1S/C20H19ClN2O5/c1-12-15(21)3-2-4-16(12)22-19(25)10-28-20(26)11-27-14-6-7-17-13(9-14)5-8-18(24)23-17/h2-4,6-7,9H,5,8,10-11H2,1H3,(H,22,25)(H,23,24). The zero-order valence-electron chi connectivity index (χ0n) is 15.2.